The summed E-state index contributed by atoms with van der Waals surface area (Å²) in [7, 11) is 2.01. The lowest BCUT2D eigenvalue weighted by Crippen LogP contribution is -2.26. The standard InChI is InChI=1S/C13H23N3O/c1-3-6-14-12(9-11-5-8-17-10-11)13-4-7-15-16(13)2/h4,7,11-12,14H,3,5-6,8-10H2,1-2H3. The van der Waals surface area contributed by atoms with Crippen LogP contribution in [0.25, 0.3) is 0 Å². The number of hydrogen-bond donors (Lipinski definition) is 1. The third-order valence-electron chi connectivity index (χ3n) is 3.45. The van der Waals surface area contributed by atoms with Crippen LogP contribution in [0.15, 0.2) is 12.3 Å². The van der Waals surface area contributed by atoms with Crippen LogP contribution in [0, 0.1) is 5.92 Å². The molecule has 2 unspecified atom stereocenters. The normalized spacial score (nSPS) is 21.9. The number of aryl methyl sites for hydroxylation is 1. The van der Waals surface area contributed by atoms with Gasteiger partial charge in [0.25, 0.3) is 0 Å². The molecular weight excluding hydrogens is 214 g/mol. The molecule has 1 aromatic heterocycles. The minimum absolute atomic E-state index is 0.411. The van der Waals surface area contributed by atoms with Crippen LogP contribution in [0.1, 0.15) is 37.9 Å². The van der Waals surface area contributed by atoms with E-state index in [-0.39, 0.29) is 0 Å². The van der Waals surface area contributed by atoms with Gasteiger partial charge in [-0.15, -0.1) is 0 Å². The zero-order valence-electron chi connectivity index (χ0n) is 10.9. The molecule has 0 bridgehead atoms. The molecule has 1 aliphatic heterocycles. The predicted molar refractivity (Wildman–Crippen MR) is 67.8 cm³/mol. The van der Waals surface area contributed by atoms with Crippen molar-refractivity contribution in [3.05, 3.63) is 18.0 Å². The average molecular weight is 237 g/mol. The van der Waals surface area contributed by atoms with E-state index in [0.29, 0.717) is 12.0 Å². The highest BCUT2D eigenvalue weighted by Gasteiger charge is 2.22. The van der Waals surface area contributed by atoms with Crippen molar-refractivity contribution in [1.82, 2.24) is 15.1 Å². The lowest BCUT2D eigenvalue weighted by molar-refractivity contribution is 0.181. The van der Waals surface area contributed by atoms with E-state index in [4.69, 9.17) is 4.74 Å². The van der Waals surface area contributed by atoms with Gasteiger partial charge in [-0.1, -0.05) is 6.92 Å². The third-order valence-corrected chi connectivity index (χ3v) is 3.45. The molecule has 0 aromatic carbocycles. The molecule has 0 saturated carbocycles. The average Bonchev–Trinajstić information content (AvgIpc) is 2.95. The van der Waals surface area contributed by atoms with Gasteiger partial charge in [0.1, 0.15) is 0 Å². The molecule has 0 amide bonds. The van der Waals surface area contributed by atoms with Crippen LogP contribution >= 0.6 is 0 Å². The second kappa shape index (κ2) is 6.17. The van der Waals surface area contributed by atoms with Crippen molar-refractivity contribution >= 4 is 0 Å². The summed E-state index contributed by atoms with van der Waals surface area (Å²) in [5.41, 5.74) is 1.28. The predicted octanol–water partition coefficient (Wildman–Crippen LogP) is 1.89. The van der Waals surface area contributed by atoms with Crippen LogP contribution in [-0.2, 0) is 11.8 Å². The Morgan fingerprint density at radius 2 is 2.53 bits per heavy atom. The van der Waals surface area contributed by atoms with E-state index in [9.17, 15) is 0 Å². The van der Waals surface area contributed by atoms with E-state index >= 15 is 0 Å². The maximum Gasteiger partial charge on any atom is 0.0550 e. The molecule has 1 N–H and O–H groups in total. The Labute approximate surface area is 103 Å². The van der Waals surface area contributed by atoms with Gasteiger partial charge >= 0.3 is 0 Å². The molecule has 1 saturated heterocycles. The van der Waals surface area contributed by atoms with E-state index in [1.807, 2.05) is 17.9 Å². The molecule has 2 rings (SSSR count). The molecule has 1 fully saturated rings. The lowest BCUT2D eigenvalue weighted by Gasteiger charge is -2.21. The molecule has 1 aliphatic rings. The Bertz CT molecular complexity index is 331. The van der Waals surface area contributed by atoms with E-state index < -0.39 is 0 Å². The van der Waals surface area contributed by atoms with E-state index in [2.05, 4.69) is 23.4 Å². The van der Waals surface area contributed by atoms with Gasteiger partial charge in [-0.2, -0.15) is 5.10 Å². The maximum absolute atomic E-state index is 5.46. The smallest absolute Gasteiger partial charge is 0.0550 e. The zero-order chi connectivity index (χ0) is 12.1. The highest BCUT2D eigenvalue weighted by molar-refractivity contribution is 5.07. The van der Waals surface area contributed by atoms with Crippen molar-refractivity contribution in [3.8, 4) is 0 Å². The van der Waals surface area contributed by atoms with Crippen molar-refractivity contribution in [1.29, 1.82) is 0 Å². The number of nitrogens with zero attached hydrogens (tertiary/aromatic N) is 2. The first-order chi connectivity index (χ1) is 8.31. The molecule has 96 valence electrons. The van der Waals surface area contributed by atoms with Gasteiger partial charge in [-0.25, -0.2) is 0 Å². The summed E-state index contributed by atoms with van der Waals surface area (Å²) in [5.74, 6) is 0.694. The lowest BCUT2D eigenvalue weighted by atomic mass is 9.97. The van der Waals surface area contributed by atoms with Crippen molar-refractivity contribution < 1.29 is 4.74 Å². The number of aromatic nitrogens is 2. The van der Waals surface area contributed by atoms with Gasteiger partial charge in [-0.3, -0.25) is 4.68 Å². The largest absolute Gasteiger partial charge is 0.381 e. The fraction of sp³-hybridized carbons (Fsp3) is 0.769. The molecule has 17 heavy (non-hydrogen) atoms. The molecular formula is C13H23N3O. The van der Waals surface area contributed by atoms with Crippen LogP contribution in [-0.4, -0.2) is 29.5 Å². The summed E-state index contributed by atoms with van der Waals surface area (Å²) in [5, 5.41) is 7.89. The molecule has 2 atom stereocenters. The molecule has 1 aromatic rings. The SMILES string of the molecule is CCCNC(CC1CCOC1)c1ccnn1C. The van der Waals surface area contributed by atoms with Gasteiger partial charge < -0.3 is 10.1 Å². The van der Waals surface area contributed by atoms with Gasteiger partial charge in [0.2, 0.25) is 0 Å². The van der Waals surface area contributed by atoms with Gasteiger partial charge in [0.15, 0.2) is 0 Å². The van der Waals surface area contributed by atoms with Gasteiger partial charge in [0.05, 0.1) is 5.69 Å². The molecule has 0 aliphatic carbocycles. The second-order valence-electron chi connectivity index (χ2n) is 4.85. The van der Waals surface area contributed by atoms with Gasteiger partial charge in [-0.05, 0) is 37.8 Å². The quantitative estimate of drug-likeness (QED) is 0.821. The minimum atomic E-state index is 0.411. The number of rotatable bonds is 6. The Kier molecular flexibility index (Phi) is 4.57. The summed E-state index contributed by atoms with van der Waals surface area (Å²) >= 11 is 0. The Morgan fingerprint density at radius 3 is 3.12 bits per heavy atom. The van der Waals surface area contributed by atoms with E-state index in [1.54, 1.807) is 0 Å². The monoisotopic (exact) mass is 237 g/mol. The highest BCUT2D eigenvalue weighted by Crippen LogP contribution is 2.26. The topological polar surface area (TPSA) is 39.1 Å². The van der Waals surface area contributed by atoms with Crippen LogP contribution in [0.3, 0.4) is 0 Å². The minimum Gasteiger partial charge on any atom is -0.381 e. The fourth-order valence-corrected chi connectivity index (χ4v) is 2.46. The third kappa shape index (κ3) is 3.30. The van der Waals surface area contributed by atoms with Crippen molar-refractivity contribution in [3.63, 3.8) is 0 Å². The summed E-state index contributed by atoms with van der Waals surface area (Å²) in [6, 6.07) is 2.53. The summed E-state index contributed by atoms with van der Waals surface area (Å²) in [4.78, 5) is 0. The van der Waals surface area contributed by atoms with Crippen LogP contribution < -0.4 is 5.32 Å². The summed E-state index contributed by atoms with van der Waals surface area (Å²) in [6.07, 6.45) is 5.39. The first-order valence-electron chi connectivity index (χ1n) is 6.60. The van der Waals surface area contributed by atoms with Crippen molar-refractivity contribution in [2.75, 3.05) is 19.8 Å². The molecule has 0 radical (unpaired) electrons. The Hall–Kier alpha value is -0.870. The van der Waals surface area contributed by atoms with Crippen LogP contribution in [0.4, 0.5) is 0 Å². The number of nitrogens with one attached hydrogen (secondary N) is 1. The van der Waals surface area contributed by atoms with Gasteiger partial charge in [0, 0.05) is 32.5 Å². The van der Waals surface area contributed by atoms with E-state index in [1.165, 1.54) is 12.1 Å². The molecule has 2 heterocycles. The van der Waals surface area contributed by atoms with Crippen molar-refractivity contribution in [2.24, 2.45) is 13.0 Å². The van der Waals surface area contributed by atoms with Crippen LogP contribution in [0.2, 0.25) is 0 Å². The van der Waals surface area contributed by atoms with Crippen molar-refractivity contribution in [2.45, 2.75) is 32.2 Å². The zero-order valence-corrected chi connectivity index (χ0v) is 10.9. The fourth-order valence-electron chi connectivity index (χ4n) is 2.46. The first kappa shape index (κ1) is 12.6. The van der Waals surface area contributed by atoms with E-state index in [0.717, 1.165) is 32.6 Å². The number of ether oxygens (including phenoxy) is 1. The summed E-state index contributed by atoms with van der Waals surface area (Å²) < 4.78 is 7.44. The highest BCUT2D eigenvalue weighted by atomic mass is 16.5. The molecule has 0 spiro atoms. The first-order valence-corrected chi connectivity index (χ1v) is 6.60. The molecule has 4 nitrogen and oxygen atoms in total. The Morgan fingerprint density at radius 1 is 1.65 bits per heavy atom. The molecule has 4 heteroatoms. The van der Waals surface area contributed by atoms with Crippen LogP contribution in [0.5, 0.6) is 0 Å². The number of hydrogen-bond acceptors (Lipinski definition) is 3. The second-order valence-corrected chi connectivity index (χ2v) is 4.85. The maximum atomic E-state index is 5.46. The Balaban J connectivity index is 1.99. The summed E-state index contributed by atoms with van der Waals surface area (Å²) in [6.45, 7) is 5.11.